The molecule has 0 aromatic carbocycles. The van der Waals surface area contributed by atoms with Crippen LogP contribution >= 0.6 is 11.3 Å². The lowest BCUT2D eigenvalue weighted by Crippen LogP contribution is -2.13. The maximum absolute atomic E-state index is 10.9. The van der Waals surface area contributed by atoms with Crippen LogP contribution in [0.3, 0.4) is 0 Å². The fourth-order valence-corrected chi connectivity index (χ4v) is 4.14. The van der Waals surface area contributed by atoms with Crippen LogP contribution in [0.5, 0.6) is 0 Å². The van der Waals surface area contributed by atoms with Crippen LogP contribution < -0.4 is 0 Å². The van der Waals surface area contributed by atoms with E-state index in [1.807, 2.05) is 5.38 Å². The van der Waals surface area contributed by atoms with Gasteiger partial charge in [0.05, 0.1) is 10.7 Å². The SMILES string of the molecule is CCC1CCCC(c2nc(-c3c[nH]c(C(=O)O)c3)cs2)C1. The number of nitrogens with one attached hydrogen (secondary N) is 1. The highest BCUT2D eigenvalue weighted by molar-refractivity contribution is 7.10. The van der Waals surface area contributed by atoms with Gasteiger partial charge in [-0.05, 0) is 24.8 Å². The van der Waals surface area contributed by atoms with E-state index in [-0.39, 0.29) is 5.69 Å². The van der Waals surface area contributed by atoms with Crippen molar-refractivity contribution in [3.8, 4) is 11.3 Å². The molecule has 112 valence electrons. The van der Waals surface area contributed by atoms with Gasteiger partial charge in [-0.25, -0.2) is 9.78 Å². The molecule has 3 rings (SSSR count). The van der Waals surface area contributed by atoms with Crippen molar-refractivity contribution in [2.75, 3.05) is 0 Å². The van der Waals surface area contributed by atoms with E-state index in [0.717, 1.165) is 17.2 Å². The normalized spacial score (nSPS) is 22.3. The Balaban J connectivity index is 1.77. The van der Waals surface area contributed by atoms with Gasteiger partial charge in [0, 0.05) is 23.1 Å². The summed E-state index contributed by atoms with van der Waals surface area (Å²) in [6.45, 7) is 2.27. The third kappa shape index (κ3) is 3.02. The molecule has 2 aromatic heterocycles. The van der Waals surface area contributed by atoms with Crippen LogP contribution in [0.15, 0.2) is 17.6 Å². The zero-order valence-electron chi connectivity index (χ0n) is 12.1. The van der Waals surface area contributed by atoms with Gasteiger partial charge in [0.15, 0.2) is 0 Å². The lowest BCUT2D eigenvalue weighted by atomic mass is 9.80. The Morgan fingerprint density at radius 3 is 3.10 bits per heavy atom. The summed E-state index contributed by atoms with van der Waals surface area (Å²) in [5.41, 5.74) is 1.96. The summed E-state index contributed by atoms with van der Waals surface area (Å²) in [4.78, 5) is 18.4. The van der Waals surface area contributed by atoms with E-state index < -0.39 is 5.97 Å². The monoisotopic (exact) mass is 304 g/mol. The van der Waals surface area contributed by atoms with Gasteiger partial charge in [0.25, 0.3) is 0 Å². The summed E-state index contributed by atoms with van der Waals surface area (Å²) in [6.07, 6.45) is 8.11. The number of hydrogen-bond donors (Lipinski definition) is 2. The van der Waals surface area contributed by atoms with E-state index in [0.29, 0.717) is 5.92 Å². The minimum Gasteiger partial charge on any atom is -0.477 e. The number of rotatable bonds is 4. The zero-order chi connectivity index (χ0) is 14.8. The first-order valence-electron chi connectivity index (χ1n) is 7.55. The summed E-state index contributed by atoms with van der Waals surface area (Å²) in [7, 11) is 0. The van der Waals surface area contributed by atoms with E-state index in [2.05, 4.69) is 11.9 Å². The number of carboxylic acid groups (broad SMARTS) is 1. The highest BCUT2D eigenvalue weighted by Gasteiger charge is 2.24. The molecule has 2 heterocycles. The average Bonchev–Trinajstić information content (AvgIpc) is 3.16. The molecule has 1 saturated carbocycles. The van der Waals surface area contributed by atoms with Crippen LogP contribution in [0.25, 0.3) is 11.3 Å². The van der Waals surface area contributed by atoms with E-state index >= 15 is 0 Å². The van der Waals surface area contributed by atoms with Gasteiger partial charge in [-0.1, -0.05) is 26.2 Å². The molecule has 0 amide bonds. The van der Waals surface area contributed by atoms with Crippen LogP contribution in [0.1, 0.15) is 60.4 Å². The molecule has 1 aliphatic rings. The van der Waals surface area contributed by atoms with Crippen molar-refractivity contribution in [2.45, 2.75) is 44.9 Å². The fourth-order valence-electron chi connectivity index (χ4n) is 3.16. The number of aromatic amines is 1. The van der Waals surface area contributed by atoms with Gasteiger partial charge in [-0.2, -0.15) is 0 Å². The van der Waals surface area contributed by atoms with Crippen molar-refractivity contribution in [1.29, 1.82) is 0 Å². The van der Waals surface area contributed by atoms with Gasteiger partial charge in [0.2, 0.25) is 0 Å². The van der Waals surface area contributed by atoms with Gasteiger partial charge in [-0.3, -0.25) is 0 Å². The number of thiazole rings is 1. The first-order chi connectivity index (χ1) is 10.2. The first-order valence-corrected chi connectivity index (χ1v) is 8.42. The number of aromatic carboxylic acids is 1. The second-order valence-corrected chi connectivity index (χ2v) is 6.71. The van der Waals surface area contributed by atoms with Crippen molar-refractivity contribution >= 4 is 17.3 Å². The molecule has 0 aliphatic heterocycles. The Morgan fingerprint density at radius 2 is 2.38 bits per heavy atom. The van der Waals surface area contributed by atoms with Gasteiger partial charge < -0.3 is 10.1 Å². The lowest BCUT2D eigenvalue weighted by molar-refractivity contribution is 0.0691. The summed E-state index contributed by atoms with van der Waals surface area (Å²) in [5.74, 6) is 0.483. The van der Waals surface area contributed by atoms with Crippen LogP contribution in [-0.2, 0) is 0 Å². The number of nitrogens with zero attached hydrogens (tertiary/aromatic N) is 1. The van der Waals surface area contributed by atoms with Crippen LogP contribution in [-0.4, -0.2) is 21.0 Å². The van der Waals surface area contributed by atoms with Gasteiger partial charge >= 0.3 is 5.97 Å². The largest absolute Gasteiger partial charge is 0.477 e. The lowest BCUT2D eigenvalue weighted by Gasteiger charge is -2.26. The Labute approximate surface area is 128 Å². The molecule has 0 bridgehead atoms. The van der Waals surface area contributed by atoms with Gasteiger partial charge in [-0.15, -0.1) is 11.3 Å². The first kappa shape index (κ1) is 14.3. The second-order valence-electron chi connectivity index (χ2n) is 5.82. The van der Waals surface area contributed by atoms with Crippen molar-refractivity contribution in [2.24, 2.45) is 5.92 Å². The Morgan fingerprint density at radius 1 is 1.52 bits per heavy atom. The smallest absolute Gasteiger partial charge is 0.352 e. The minimum absolute atomic E-state index is 0.211. The highest BCUT2D eigenvalue weighted by Crippen LogP contribution is 2.39. The molecular weight excluding hydrogens is 284 g/mol. The molecule has 4 nitrogen and oxygen atoms in total. The van der Waals surface area contributed by atoms with E-state index in [1.54, 1.807) is 23.6 Å². The highest BCUT2D eigenvalue weighted by atomic mass is 32.1. The quantitative estimate of drug-likeness (QED) is 0.872. The van der Waals surface area contributed by atoms with Crippen molar-refractivity contribution in [3.05, 3.63) is 28.3 Å². The zero-order valence-corrected chi connectivity index (χ0v) is 12.9. The van der Waals surface area contributed by atoms with Crippen molar-refractivity contribution < 1.29 is 9.90 Å². The number of carboxylic acids is 1. The predicted molar refractivity (Wildman–Crippen MR) is 83.9 cm³/mol. The van der Waals surface area contributed by atoms with Gasteiger partial charge in [0.1, 0.15) is 5.69 Å². The van der Waals surface area contributed by atoms with Crippen LogP contribution in [0.2, 0.25) is 0 Å². The van der Waals surface area contributed by atoms with Crippen LogP contribution in [0, 0.1) is 5.92 Å². The van der Waals surface area contributed by atoms with Crippen LogP contribution in [0.4, 0.5) is 0 Å². The van der Waals surface area contributed by atoms with E-state index in [9.17, 15) is 4.79 Å². The topological polar surface area (TPSA) is 66.0 Å². The molecule has 21 heavy (non-hydrogen) atoms. The standard InChI is InChI=1S/C16H20N2O2S/c1-2-10-4-3-5-11(6-10)15-18-14(9-21-15)12-7-13(16(19)20)17-8-12/h7-11,17H,2-6H2,1H3,(H,19,20). The maximum Gasteiger partial charge on any atom is 0.352 e. The van der Waals surface area contributed by atoms with E-state index in [4.69, 9.17) is 10.1 Å². The third-order valence-electron chi connectivity index (χ3n) is 4.44. The minimum atomic E-state index is -0.935. The molecule has 2 unspecified atom stereocenters. The third-order valence-corrected chi connectivity index (χ3v) is 5.45. The molecule has 1 fully saturated rings. The summed E-state index contributed by atoms with van der Waals surface area (Å²) in [5, 5.41) is 12.2. The Hall–Kier alpha value is -1.62. The molecule has 2 aromatic rings. The Bertz CT molecular complexity index is 632. The molecule has 0 saturated heterocycles. The second kappa shape index (κ2) is 6.02. The molecule has 0 radical (unpaired) electrons. The molecule has 2 N–H and O–H groups in total. The fraction of sp³-hybridized carbons (Fsp3) is 0.500. The Kier molecular flexibility index (Phi) is 4.10. The summed E-state index contributed by atoms with van der Waals surface area (Å²) < 4.78 is 0. The van der Waals surface area contributed by atoms with E-state index in [1.165, 1.54) is 37.1 Å². The molecule has 0 spiro atoms. The van der Waals surface area contributed by atoms with Crippen molar-refractivity contribution in [3.63, 3.8) is 0 Å². The number of hydrogen-bond acceptors (Lipinski definition) is 3. The number of carbonyl (C=O) groups is 1. The number of aromatic nitrogens is 2. The number of H-pyrrole nitrogens is 1. The van der Waals surface area contributed by atoms with Crippen molar-refractivity contribution in [1.82, 2.24) is 9.97 Å². The maximum atomic E-state index is 10.9. The average molecular weight is 304 g/mol. The summed E-state index contributed by atoms with van der Waals surface area (Å²) in [6, 6.07) is 1.65. The molecule has 5 heteroatoms. The molecule has 2 atom stereocenters. The summed E-state index contributed by atoms with van der Waals surface area (Å²) >= 11 is 1.71. The molecule has 1 aliphatic carbocycles. The molecular formula is C16H20N2O2S. The predicted octanol–water partition coefficient (Wildman–Crippen LogP) is 4.52.